The number of amides is 1. The first kappa shape index (κ1) is 26.9. The van der Waals surface area contributed by atoms with Crippen molar-refractivity contribution in [2.24, 2.45) is 0 Å². The minimum Gasteiger partial charge on any atom is -0.342 e. The molecule has 1 amide bonds. The molecule has 0 saturated heterocycles. The summed E-state index contributed by atoms with van der Waals surface area (Å²) in [6.07, 6.45) is 0.482. The van der Waals surface area contributed by atoms with Crippen LogP contribution in [0.5, 0.6) is 0 Å². The highest BCUT2D eigenvalue weighted by atomic mass is 35.5. The van der Waals surface area contributed by atoms with E-state index in [4.69, 9.17) is 23.2 Å². The van der Waals surface area contributed by atoms with E-state index in [0.717, 1.165) is 16.8 Å². The normalized spacial score (nSPS) is 11.8. The fraction of sp³-hybridized carbons (Fsp3) is 0.100. The average molecular weight is 578 g/mol. The van der Waals surface area contributed by atoms with Crippen molar-refractivity contribution in [2.45, 2.75) is 23.4 Å². The summed E-state index contributed by atoms with van der Waals surface area (Å²) in [5.74, 6) is 0.438. The van der Waals surface area contributed by atoms with Gasteiger partial charge in [0.05, 0.1) is 16.1 Å². The fourth-order valence-electron chi connectivity index (χ4n) is 4.10. The van der Waals surface area contributed by atoms with Gasteiger partial charge in [0.2, 0.25) is 0 Å². The molecule has 0 unspecified atom stereocenters. The van der Waals surface area contributed by atoms with Gasteiger partial charge in [0.25, 0.3) is 5.91 Å². The van der Waals surface area contributed by atoms with Crippen LogP contribution >= 0.6 is 35.0 Å². The molecule has 0 bridgehead atoms. The maximum absolute atomic E-state index is 13.5. The summed E-state index contributed by atoms with van der Waals surface area (Å²) < 4.78 is 15.4. The molecule has 0 aliphatic heterocycles. The van der Waals surface area contributed by atoms with Crippen LogP contribution in [0.2, 0.25) is 10.0 Å². The number of carbonyl (C=O) groups excluding carboxylic acids is 1. The highest BCUT2D eigenvalue weighted by Gasteiger charge is 2.25. The van der Waals surface area contributed by atoms with Gasteiger partial charge in [-0.15, -0.1) is 10.2 Å². The summed E-state index contributed by atoms with van der Waals surface area (Å²) >= 11 is 13.8. The molecule has 1 aromatic heterocycles. The summed E-state index contributed by atoms with van der Waals surface area (Å²) in [5.41, 5.74) is 3.23. The molecule has 0 fully saturated rings. The number of hydrogen-bond donors (Lipinski definition) is 1. The fourth-order valence-corrected chi connectivity index (χ4v) is 5.32. The van der Waals surface area contributed by atoms with Gasteiger partial charge in [-0.2, -0.15) is 0 Å². The van der Waals surface area contributed by atoms with Crippen molar-refractivity contribution in [3.8, 4) is 5.69 Å². The highest BCUT2D eigenvalue weighted by molar-refractivity contribution is 7.98. The van der Waals surface area contributed by atoms with Crippen molar-refractivity contribution >= 4 is 40.9 Å². The molecule has 9 heteroatoms. The zero-order valence-corrected chi connectivity index (χ0v) is 22.9. The Kier molecular flexibility index (Phi) is 8.61. The summed E-state index contributed by atoms with van der Waals surface area (Å²) in [6.45, 7) is 0. The van der Waals surface area contributed by atoms with Crippen LogP contribution in [0.1, 0.15) is 33.4 Å². The predicted molar refractivity (Wildman–Crippen MR) is 154 cm³/mol. The smallest absolute Gasteiger partial charge is 0.251 e. The molecule has 1 heterocycles. The summed E-state index contributed by atoms with van der Waals surface area (Å²) in [4.78, 5) is 13.2. The Morgan fingerprint density at radius 3 is 2.23 bits per heavy atom. The van der Waals surface area contributed by atoms with Crippen molar-refractivity contribution in [1.29, 1.82) is 0 Å². The number of hydrogen-bond acceptors (Lipinski definition) is 4. The van der Waals surface area contributed by atoms with Crippen LogP contribution in [0.25, 0.3) is 5.69 Å². The van der Waals surface area contributed by atoms with E-state index in [2.05, 4.69) is 15.5 Å². The Hall–Kier alpha value is -3.65. The van der Waals surface area contributed by atoms with Crippen molar-refractivity contribution in [2.75, 3.05) is 0 Å². The molecule has 0 aliphatic rings. The van der Waals surface area contributed by atoms with E-state index < -0.39 is 11.9 Å². The van der Waals surface area contributed by atoms with Gasteiger partial charge in [0.1, 0.15) is 5.82 Å². The summed E-state index contributed by atoms with van der Waals surface area (Å²) in [7, 11) is 0. The summed E-state index contributed by atoms with van der Waals surface area (Å²) in [6, 6.07) is 30.1. The molecule has 5 nitrogen and oxygen atoms in total. The standard InChI is InChI=1S/C30H23Cl2FN4OS/c31-25-16-11-21(17-26(25)32)19-39-30-36-35-28(37(30)24-9-5-2-6-10-24)27(18-20-7-3-1-4-8-20)34-29(38)22-12-14-23(33)15-13-22/h1-17,27H,18-19H2,(H,34,38)/t27-/m1/s1. The molecule has 0 saturated carbocycles. The van der Waals surface area contributed by atoms with Crippen LogP contribution in [0, 0.1) is 5.82 Å². The third kappa shape index (κ3) is 6.68. The molecule has 5 aromatic rings. The SMILES string of the molecule is O=C(N[C@H](Cc1ccccc1)c1nnc(SCc2ccc(Cl)c(Cl)c2)n1-c1ccccc1)c1ccc(F)cc1. The van der Waals surface area contributed by atoms with Crippen molar-refractivity contribution < 1.29 is 9.18 Å². The molecule has 1 N–H and O–H groups in total. The number of benzene rings is 4. The van der Waals surface area contributed by atoms with Crippen LogP contribution < -0.4 is 5.32 Å². The number of carbonyl (C=O) groups is 1. The van der Waals surface area contributed by atoms with Crippen LogP contribution in [-0.2, 0) is 12.2 Å². The van der Waals surface area contributed by atoms with Crippen LogP contribution in [0.15, 0.2) is 108 Å². The average Bonchev–Trinajstić information content (AvgIpc) is 3.38. The van der Waals surface area contributed by atoms with Crippen LogP contribution in [0.4, 0.5) is 4.39 Å². The lowest BCUT2D eigenvalue weighted by Crippen LogP contribution is -2.32. The first-order valence-electron chi connectivity index (χ1n) is 12.2. The van der Waals surface area contributed by atoms with Crippen LogP contribution in [-0.4, -0.2) is 20.7 Å². The van der Waals surface area contributed by atoms with Gasteiger partial charge in [0.15, 0.2) is 11.0 Å². The van der Waals surface area contributed by atoms with E-state index in [0.29, 0.717) is 38.8 Å². The molecule has 4 aromatic carbocycles. The van der Waals surface area contributed by atoms with Crippen molar-refractivity contribution in [1.82, 2.24) is 20.1 Å². The third-order valence-electron chi connectivity index (χ3n) is 6.03. The van der Waals surface area contributed by atoms with E-state index in [-0.39, 0.29) is 5.91 Å². The lowest BCUT2D eigenvalue weighted by Gasteiger charge is -2.20. The Morgan fingerprint density at radius 2 is 1.54 bits per heavy atom. The Bertz CT molecular complexity index is 1560. The molecule has 39 heavy (non-hydrogen) atoms. The van der Waals surface area contributed by atoms with E-state index in [9.17, 15) is 9.18 Å². The van der Waals surface area contributed by atoms with Crippen LogP contribution in [0.3, 0.4) is 0 Å². The molecule has 1 atom stereocenters. The van der Waals surface area contributed by atoms with Crippen molar-refractivity contribution in [3.05, 3.63) is 142 Å². The lowest BCUT2D eigenvalue weighted by molar-refractivity contribution is 0.0934. The maximum Gasteiger partial charge on any atom is 0.251 e. The van der Waals surface area contributed by atoms with Gasteiger partial charge < -0.3 is 5.32 Å². The van der Waals surface area contributed by atoms with Gasteiger partial charge in [0, 0.05) is 17.0 Å². The second-order valence-corrected chi connectivity index (χ2v) is 10.5. The minimum atomic E-state index is -0.517. The number of aromatic nitrogens is 3. The monoisotopic (exact) mass is 576 g/mol. The number of halogens is 3. The first-order chi connectivity index (χ1) is 19.0. The Morgan fingerprint density at radius 1 is 0.846 bits per heavy atom. The predicted octanol–water partition coefficient (Wildman–Crippen LogP) is 7.72. The topological polar surface area (TPSA) is 59.8 Å². The second-order valence-electron chi connectivity index (χ2n) is 8.77. The van der Waals surface area contributed by atoms with Crippen molar-refractivity contribution in [3.63, 3.8) is 0 Å². The molecule has 0 spiro atoms. The number of para-hydroxylation sites is 1. The minimum absolute atomic E-state index is 0.330. The number of rotatable bonds is 9. The van der Waals surface area contributed by atoms with E-state index >= 15 is 0 Å². The van der Waals surface area contributed by atoms with Gasteiger partial charge in [-0.1, -0.05) is 89.6 Å². The van der Waals surface area contributed by atoms with E-state index in [1.165, 1.54) is 36.0 Å². The van der Waals surface area contributed by atoms with Gasteiger partial charge in [-0.05, 0) is 66.1 Å². The molecular weight excluding hydrogens is 554 g/mol. The molecule has 0 radical (unpaired) electrons. The first-order valence-corrected chi connectivity index (χ1v) is 13.9. The number of nitrogens with zero attached hydrogens (tertiary/aromatic N) is 3. The number of thioether (sulfide) groups is 1. The van der Waals surface area contributed by atoms with Gasteiger partial charge >= 0.3 is 0 Å². The van der Waals surface area contributed by atoms with Gasteiger partial charge in [-0.25, -0.2) is 4.39 Å². The third-order valence-corrected chi connectivity index (χ3v) is 7.77. The van der Waals surface area contributed by atoms with E-state index in [1.807, 2.05) is 77.4 Å². The summed E-state index contributed by atoms with van der Waals surface area (Å²) in [5, 5.41) is 13.8. The Balaban J connectivity index is 1.51. The molecule has 5 rings (SSSR count). The highest BCUT2D eigenvalue weighted by Crippen LogP contribution is 2.31. The van der Waals surface area contributed by atoms with E-state index in [1.54, 1.807) is 6.07 Å². The lowest BCUT2D eigenvalue weighted by atomic mass is 10.0. The second kappa shape index (κ2) is 12.5. The zero-order chi connectivity index (χ0) is 27.2. The Labute approximate surface area is 240 Å². The molecular formula is C30H23Cl2FN4OS. The maximum atomic E-state index is 13.5. The number of nitrogens with one attached hydrogen (secondary N) is 1. The molecule has 0 aliphatic carbocycles. The zero-order valence-electron chi connectivity index (χ0n) is 20.6. The van der Waals surface area contributed by atoms with Gasteiger partial charge in [-0.3, -0.25) is 9.36 Å². The molecule has 196 valence electrons. The largest absolute Gasteiger partial charge is 0.342 e. The quantitative estimate of drug-likeness (QED) is 0.182.